The Morgan fingerprint density at radius 3 is 2.76 bits per heavy atom. The van der Waals surface area contributed by atoms with E-state index in [9.17, 15) is 4.79 Å². The Morgan fingerprint density at radius 2 is 2.12 bits per heavy atom. The number of carbonyl (C=O) groups excluding carboxylic acids is 1. The molecule has 0 aliphatic heterocycles. The molecule has 5 nitrogen and oxygen atoms in total. The van der Waals surface area contributed by atoms with Crippen LogP contribution in [-0.4, -0.2) is 31.0 Å². The van der Waals surface area contributed by atoms with Crippen LogP contribution in [0.5, 0.6) is 0 Å². The summed E-state index contributed by atoms with van der Waals surface area (Å²) in [6.07, 6.45) is 6.25. The molecule has 0 aromatic carbocycles. The number of guanidine groups is 1. The SMILES string of the molecule is CCCNC(=O)CCN=C(N)NC1CCCC1. The topological polar surface area (TPSA) is 79.5 Å². The van der Waals surface area contributed by atoms with Crippen molar-refractivity contribution in [2.75, 3.05) is 13.1 Å². The van der Waals surface area contributed by atoms with Crippen LogP contribution in [0.3, 0.4) is 0 Å². The van der Waals surface area contributed by atoms with Crippen molar-refractivity contribution < 1.29 is 4.79 Å². The van der Waals surface area contributed by atoms with Crippen molar-refractivity contribution in [1.82, 2.24) is 10.6 Å². The summed E-state index contributed by atoms with van der Waals surface area (Å²) < 4.78 is 0. The molecule has 5 heteroatoms. The second kappa shape index (κ2) is 7.92. The zero-order valence-corrected chi connectivity index (χ0v) is 10.7. The number of carbonyl (C=O) groups is 1. The van der Waals surface area contributed by atoms with Crippen molar-refractivity contribution in [1.29, 1.82) is 0 Å². The van der Waals surface area contributed by atoms with Gasteiger partial charge in [0.05, 0.1) is 6.54 Å². The first-order chi connectivity index (χ1) is 8.22. The largest absolute Gasteiger partial charge is 0.370 e. The second-order valence-corrected chi connectivity index (χ2v) is 4.49. The first kappa shape index (κ1) is 13.8. The molecule has 0 spiro atoms. The Hall–Kier alpha value is -1.26. The maximum absolute atomic E-state index is 11.3. The fourth-order valence-corrected chi connectivity index (χ4v) is 1.96. The molecule has 1 fully saturated rings. The molecule has 0 aromatic heterocycles. The molecule has 0 saturated heterocycles. The number of aliphatic imine (C=N–C) groups is 1. The monoisotopic (exact) mass is 240 g/mol. The quantitative estimate of drug-likeness (QED) is 0.473. The van der Waals surface area contributed by atoms with Gasteiger partial charge in [0.2, 0.25) is 5.91 Å². The lowest BCUT2D eigenvalue weighted by Gasteiger charge is -2.12. The van der Waals surface area contributed by atoms with Gasteiger partial charge in [-0.25, -0.2) is 0 Å². The van der Waals surface area contributed by atoms with Crippen LogP contribution < -0.4 is 16.4 Å². The maximum atomic E-state index is 11.3. The minimum atomic E-state index is 0.0456. The van der Waals surface area contributed by atoms with Crippen LogP contribution in [0, 0.1) is 0 Å². The fourth-order valence-electron chi connectivity index (χ4n) is 1.96. The number of amides is 1. The molecule has 1 saturated carbocycles. The molecule has 1 aliphatic rings. The summed E-state index contributed by atoms with van der Waals surface area (Å²) >= 11 is 0. The molecule has 0 atom stereocenters. The first-order valence-electron chi connectivity index (χ1n) is 6.55. The smallest absolute Gasteiger partial charge is 0.221 e. The Balaban J connectivity index is 2.11. The minimum absolute atomic E-state index is 0.0456. The van der Waals surface area contributed by atoms with Gasteiger partial charge in [0.25, 0.3) is 0 Å². The van der Waals surface area contributed by atoms with E-state index in [4.69, 9.17) is 5.73 Å². The summed E-state index contributed by atoms with van der Waals surface area (Å²) in [5, 5.41) is 6.00. The Bertz CT molecular complexity index is 259. The van der Waals surface area contributed by atoms with Crippen LogP contribution in [-0.2, 0) is 4.79 Å². The summed E-state index contributed by atoms with van der Waals surface area (Å²) in [4.78, 5) is 15.4. The van der Waals surface area contributed by atoms with Gasteiger partial charge in [-0.3, -0.25) is 9.79 Å². The van der Waals surface area contributed by atoms with E-state index < -0.39 is 0 Å². The molecule has 0 bridgehead atoms. The Kier molecular flexibility index (Phi) is 6.43. The molecule has 0 radical (unpaired) electrons. The van der Waals surface area contributed by atoms with Gasteiger partial charge in [0.1, 0.15) is 0 Å². The summed E-state index contributed by atoms with van der Waals surface area (Å²) in [6.45, 7) is 3.22. The number of rotatable bonds is 6. The predicted molar refractivity (Wildman–Crippen MR) is 69.8 cm³/mol. The second-order valence-electron chi connectivity index (χ2n) is 4.49. The molecule has 0 aromatic rings. The van der Waals surface area contributed by atoms with Gasteiger partial charge in [0.15, 0.2) is 5.96 Å². The van der Waals surface area contributed by atoms with E-state index in [1.807, 2.05) is 6.92 Å². The van der Waals surface area contributed by atoms with Crippen LogP contribution in [0.1, 0.15) is 45.4 Å². The summed E-state index contributed by atoms with van der Waals surface area (Å²) in [5.74, 6) is 0.518. The van der Waals surface area contributed by atoms with Gasteiger partial charge in [-0.2, -0.15) is 0 Å². The molecular formula is C12H24N4O. The Labute approximate surface area is 103 Å². The zero-order chi connectivity index (χ0) is 12.5. The van der Waals surface area contributed by atoms with E-state index >= 15 is 0 Å². The highest BCUT2D eigenvalue weighted by Gasteiger charge is 2.14. The third-order valence-corrected chi connectivity index (χ3v) is 2.90. The molecular weight excluding hydrogens is 216 g/mol. The van der Waals surface area contributed by atoms with E-state index in [1.54, 1.807) is 0 Å². The third kappa shape index (κ3) is 6.14. The lowest BCUT2D eigenvalue weighted by molar-refractivity contribution is -0.120. The number of nitrogens with one attached hydrogen (secondary N) is 2. The highest BCUT2D eigenvalue weighted by atomic mass is 16.1. The third-order valence-electron chi connectivity index (χ3n) is 2.90. The van der Waals surface area contributed by atoms with Gasteiger partial charge in [-0.1, -0.05) is 19.8 Å². The normalized spacial score (nSPS) is 17.1. The molecule has 4 N–H and O–H groups in total. The average molecular weight is 240 g/mol. The van der Waals surface area contributed by atoms with Crippen LogP contribution in [0.25, 0.3) is 0 Å². The maximum Gasteiger partial charge on any atom is 0.221 e. The van der Waals surface area contributed by atoms with Gasteiger partial charge in [-0.05, 0) is 19.3 Å². The highest BCUT2D eigenvalue weighted by molar-refractivity contribution is 5.79. The van der Waals surface area contributed by atoms with Crippen molar-refractivity contribution in [2.45, 2.75) is 51.5 Å². The van der Waals surface area contributed by atoms with Gasteiger partial charge in [0, 0.05) is 19.0 Å². The van der Waals surface area contributed by atoms with Gasteiger partial charge in [-0.15, -0.1) is 0 Å². The molecule has 98 valence electrons. The Morgan fingerprint density at radius 1 is 1.41 bits per heavy atom. The number of nitrogens with zero attached hydrogens (tertiary/aromatic N) is 1. The van der Waals surface area contributed by atoms with Gasteiger partial charge >= 0.3 is 0 Å². The van der Waals surface area contributed by atoms with E-state index in [0.717, 1.165) is 13.0 Å². The standard InChI is InChI=1S/C12H24N4O/c1-2-8-14-11(17)7-9-15-12(13)16-10-5-3-4-6-10/h10H,2-9H2,1H3,(H,14,17)(H3,13,15,16). The summed E-state index contributed by atoms with van der Waals surface area (Å²) in [7, 11) is 0. The van der Waals surface area contributed by atoms with E-state index in [0.29, 0.717) is 25.0 Å². The van der Waals surface area contributed by atoms with Crippen LogP contribution in [0.15, 0.2) is 4.99 Å². The fraction of sp³-hybridized carbons (Fsp3) is 0.833. The number of nitrogens with two attached hydrogens (primary N) is 1. The predicted octanol–water partition coefficient (Wildman–Crippen LogP) is 0.750. The van der Waals surface area contributed by atoms with Gasteiger partial charge < -0.3 is 16.4 Å². The van der Waals surface area contributed by atoms with Crippen molar-refractivity contribution in [3.8, 4) is 0 Å². The molecule has 17 heavy (non-hydrogen) atoms. The van der Waals surface area contributed by atoms with Crippen LogP contribution in [0.4, 0.5) is 0 Å². The minimum Gasteiger partial charge on any atom is -0.370 e. The van der Waals surface area contributed by atoms with Crippen molar-refractivity contribution >= 4 is 11.9 Å². The molecule has 1 rings (SSSR count). The lowest BCUT2D eigenvalue weighted by Crippen LogP contribution is -2.38. The summed E-state index contributed by atoms with van der Waals surface area (Å²) in [5.41, 5.74) is 5.75. The highest BCUT2D eigenvalue weighted by Crippen LogP contribution is 2.17. The molecule has 1 aliphatic carbocycles. The molecule has 1 amide bonds. The number of hydrogen-bond donors (Lipinski definition) is 3. The van der Waals surface area contributed by atoms with E-state index in [2.05, 4.69) is 15.6 Å². The van der Waals surface area contributed by atoms with Crippen LogP contribution >= 0.6 is 0 Å². The lowest BCUT2D eigenvalue weighted by atomic mass is 10.2. The van der Waals surface area contributed by atoms with Crippen LogP contribution in [0.2, 0.25) is 0 Å². The van der Waals surface area contributed by atoms with E-state index in [1.165, 1.54) is 25.7 Å². The average Bonchev–Trinajstić information content (AvgIpc) is 2.79. The summed E-state index contributed by atoms with van der Waals surface area (Å²) in [6, 6.07) is 0.479. The molecule has 0 unspecified atom stereocenters. The van der Waals surface area contributed by atoms with E-state index in [-0.39, 0.29) is 5.91 Å². The van der Waals surface area contributed by atoms with Crippen molar-refractivity contribution in [3.63, 3.8) is 0 Å². The van der Waals surface area contributed by atoms with Crippen molar-refractivity contribution in [2.24, 2.45) is 10.7 Å². The molecule has 0 heterocycles. The van der Waals surface area contributed by atoms with Crippen molar-refractivity contribution in [3.05, 3.63) is 0 Å². The first-order valence-corrected chi connectivity index (χ1v) is 6.55. The zero-order valence-electron chi connectivity index (χ0n) is 10.7. The number of hydrogen-bond acceptors (Lipinski definition) is 2.